The van der Waals surface area contributed by atoms with Gasteiger partial charge in [0.25, 0.3) is 0 Å². The Hall–Kier alpha value is -0.610. The normalized spacial score (nSPS) is 24.8. The average Bonchev–Trinajstić information content (AvgIpc) is 2.34. The smallest absolute Gasteiger partial charge is 0.306 e. The molecule has 0 aromatic carbocycles. The van der Waals surface area contributed by atoms with Crippen molar-refractivity contribution in [1.82, 2.24) is 0 Å². The summed E-state index contributed by atoms with van der Waals surface area (Å²) in [7, 11) is 0. The van der Waals surface area contributed by atoms with Gasteiger partial charge in [-0.25, -0.2) is 0 Å². The van der Waals surface area contributed by atoms with Crippen molar-refractivity contribution in [3.8, 4) is 0 Å². The predicted octanol–water partition coefficient (Wildman–Crippen LogP) is 2.20. The van der Waals surface area contributed by atoms with Gasteiger partial charge in [0.05, 0.1) is 12.0 Å². The van der Waals surface area contributed by atoms with E-state index in [9.17, 15) is 4.79 Å². The molecule has 0 heterocycles. The Morgan fingerprint density at radius 3 is 2.29 bits per heavy atom. The molecule has 0 bridgehead atoms. The van der Waals surface area contributed by atoms with Crippen LogP contribution in [-0.4, -0.2) is 35.5 Å². The summed E-state index contributed by atoms with van der Waals surface area (Å²) in [6.07, 6.45) is 7.62. The summed E-state index contributed by atoms with van der Waals surface area (Å²) in [6.45, 7) is 1.05. The van der Waals surface area contributed by atoms with E-state index in [1.54, 1.807) is 0 Å². The minimum Gasteiger partial charge on any atom is -0.481 e. The lowest BCUT2D eigenvalue weighted by atomic mass is 9.87. The van der Waals surface area contributed by atoms with E-state index in [0.717, 1.165) is 58.0 Å². The van der Waals surface area contributed by atoms with Crippen LogP contribution >= 0.6 is 0 Å². The molecule has 0 radical (unpaired) electrons. The third-order valence-corrected chi connectivity index (χ3v) is 3.43. The Labute approximate surface area is 103 Å². The van der Waals surface area contributed by atoms with Gasteiger partial charge in [-0.15, -0.1) is 0 Å². The number of aliphatic hydroxyl groups is 1. The molecule has 17 heavy (non-hydrogen) atoms. The quantitative estimate of drug-likeness (QED) is 0.642. The third-order valence-electron chi connectivity index (χ3n) is 3.43. The fraction of sp³-hybridized carbons (Fsp3) is 0.923. The first-order chi connectivity index (χ1) is 8.24. The summed E-state index contributed by atoms with van der Waals surface area (Å²) in [5.74, 6) is -0.813. The number of hydrogen-bond acceptors (Lipinski definition) is 3. The van der Waals surface area contributed by atoms with Crippen LogP contribution < -0.4 is 0 Å². The molecule has 1 aliphatic rings. The van der Waals surface area contributed by atoms with Gasteiger partial charge in [-0.05, 0) is 38.5 Å². The average molecular weight is 244 g/mol. The third kappa shape index (κ3) is 6.03. The van der Waals surface area contributed by atoms with E-state index in [1.807, 2.05) is 0 Å². The van der Waals surface area contributed by atoms with E-state index >= 15 is 0 Å². The molecule has 0 saturated heterocycles. The van der Waals surface area contributed by atoms with Gasteiger partial charge in [0, 0.05) is 13.2 Å². The van der Waals surface area contributed by atoms with E-state index in [1.165, 1.54) is 0 Å². The minimum absolute atomic E-state index is 0.153. The molecule has 4 heteroatoms. The van der Waals surface area contributed by atoms with Crippen LogP contribution in [0.5, 0.6) is 0 Å². The van der Waals surface area contributed by atoms with E-state index in [-0.39, 0.29) is 18.6 Å². The van der Waals surface area contributed by atoms with Crippen molar-refractivity contribution in [2.45, 2.75) is 57.5 Å². The lowest BCUT2D eigenvalue weighted by molar-refractivity contribution is -0.143. The molecule has 1 aliphatic carbocycles. The number of carboxylic acid groups (broad SMARTS) is 1. The summed E-state index contributed by atoms with van der Waals surface area (Å²) < 4.78 is 5.74. The van der Waals surface area contributed by atoms with E-state index < -0.39 is 5.97 Å². The number of ether oxygens (including phenoxy) is 1. The largest absolute Gasteiger partial charge is 0.481 e. The monoisotopic (exact) mass is 244 g/mol. The zero-order valence-corrected chi connectivity index (χ0v) is 10.4. The highest BCUT2D eigenvalue weighted by Gasteiger charge is 2.25. The zero-order chi connectivity index (χ0) is 12.5. The Bertz CT molecular complexity index is 209. The summed E-state index contributed by atoms with van der Waals surface area (Å²) in [5.41, 5.74) is 0. The van der Waals surface area contributed by atoms with Gasteiger partial charge in [-0.1, -0.05) is 12.8 Å². The Morgan fingerprint density at radius 2 is 1.71 bits per heavy atom. The molecule has 0 amide bonds. The molecule has 100 valence electrons. The molecule has 4 nitrogen and oxygen atoms in total. The highest BCUT2D eigenvalue weighted by Crippen LogP contribution is 2.26. The van der Waals surface area contributed by atoms with E-state index in [2.05, 4.69) is 0 Å². The van der Waals surface area contributed by atoms with Crippen molar-refractivity contribution in [3.63, 3.8) is 0 Å². The second-order valence-corrected chi connectivity index (χ2v) is 4.82. The van der Waals surface area contributed by atoms with Gasteiger partial charge in [-0.3, -0.25) is 4.79 Å². The first kappa shape index (κ1) is 14.5. The predicted molar refractivity (Wildman–Crippen MR) is 64.9 cm³/mol. The lowest BCUT2D eigenvalue weighted by Gasteiger charge is -2.26. The molecular weight excluding hydrogens is 220 g/mol. The number of aliphatic carboxylic acids is 1. The van der Waals surface area contributed by atoms with Crippen LogP contribution in [0, 0.1) is 5.92 Å². The molecule has 0 spiro atoms. The minimum atomic E-state index is -0.660. The zero-order valence-electron chi connectivity index (χ0n) is 10.4. The topological polar surface area (TPSA) is 66.8 Å². The van der Waals surface area contributed by atoms with Crippen molar-refractivity contribution in [2.75, 3.05) is 13.2 Å². The first-order valence-corrected chi connectivity index (χ1v) is 6.69. The van der Waals surface area contributed by atoms with Crippen LogP contribution in [0.3, 0.4) is 0 Å². The molecule has 0 unspecified atom stereocenters. The second kappa shape index (κ2) is 8.48. The standard InChI is InChI=1S/C13H24O4/c14-9-3-1-2-4-10-17-12-7-5-11(6-8-12)13(15)16/h11-12,14H,1-10H2,(H,15,16). The molecule has 0 aromatic rings. The fourth-order valence-corrected chi connectivity index (χ4v) is 2.29. The Morgan fingerprint density at radius 1 is 1.06 bits per heavy atom. The highest BCUT2D eigenvalue weighted by molar-refractivity contribution is 5.69. The van der Waals surface area contributed by atoms with Crippen LogP contribution in [-0.2, 0) is 9.53 Å². The summed E-state index contributed by atoms with van der Waals surface area (Å²) in [6, 6.07) is 0. The number of aliphatic hydroxyl groups excluding tert-OH is 1. The van der Waals surface area contributed by atoms with Crippen LogP contribution in [0.2, 0.25) is 0 Å². The van der Waals surface area contributed by atoms with Crippen LogP contribution in [0.25, 0.3) is 0 Å². The number of carbonyl (C=O) groups is 1. The van der Waals surface area contributed by atoms with Crippen molar-refractivity contribution in [1.29, 1.82) is 0 Å². The van der Waals surface area contributed by atoms with Crippen molar-refractivity contribution >= 4 is 5.97 Å². The fourth-order valence-electron chi connectivity index (χ4n) is 2.29. The Balaban J connectivity index is 1.97. The van der Waals surface area contributed by atoms with Gasteiger partial charge in [0.2, 0.25) is 0 Å². The van der Waals surface area contributed by atoms with E-state index in [0.29, 0.717) is 0 Å². The summed E-state index contributed by atoms with van der Waals surface area (Å²) >= 11 is 0. The SMILES string of the molecule is O=C(O)C1CCC(OCCCCCCO)CC1. The molecule has 0 aliphatic heterocycles. The van der Waals surface area contributed by atoms with Crippen molar-refractivity contribution in [2.24, 2.45) is 5.92 Å². The molecular formula is C13H24O4. The van der Waals surface area contributed by atoms with E-state index in [4.69, 9.17) is 14.9 Å². The number of carboxylic acids is 1. The van der Waals surface area contributed by atoms with Gasteiger partial charge in [0.15, 0.2) is 0 Å². The maximum absolute atomic E-state index is 10.8. The van der Waals surface area contributed by atoms with Gasteiger partial charge < -0.3 is 14.9 Å². The number of unbranched alkanes of at least 4 members (excludes halogenated alkanes) is 3. The molecule has 2 N–H and O–H groups in total. The second-order valence-electron chi connectivity index (χ2n) is 4.82. The maximum atomic E-state index is 10.8. The maximum Gasteiger partial charge on any atom is 0.306 e. The highest BCUT2D eigenvalue weighted by atomic mass is 16.5. The Kier molecular flexibility index (Phi) is 7.21. The summed E-state index contributed by atoms with van der Waals surface area (Å²) in [5, 5.41) is 17.5. The molecule has 0 atom stereocenters. The molecule has 1 rings (SSSR count). The van der Waals surface area contributed by atoms with Crippen LogP contribution in [0.1, 0.15) is 51.4 Å². The number of rotatable bonds is 8. The summed E-state index contributed by atoms with van der Waals surface area (Å²) in [4.78, 5) is 10.8. The first-order valence-electron chi connectivity index (χ1n) is 6.69. The van der Waals surface area contributed by atoms with Crippen LogP contribution in [0.15, 0.2) is 0 Å². The number of hydrogen-bond donors (Lipinski definition) is 2. The van der Waals surface area contributed by atoms with Gasteiger partial charge in [0.1, 0.15) is 0 Å². The van der Waals surface area contributed by atoms with Crippen molar-refractivity contribution in [3.05, 3.63) is 0 Å². The van der Waals surface area contributed by atoms with Crippen molar-refractivity contribution < 1.29 is 19.7 Å². The molecule has 1 fully saturated rings. The van der Waals surface area contributed by atoms with Gasteiger partial charge >= 0.3 is 5.97 Å². The van der Waals surface area contributed by atoms with Crippen LogP contribution in [0.4, 0.5) is 0 Å². The molecule has 0 aromatic heterocycles. The van der Waals surface area contributed by atoms with Gasteiger partial charge in [-0.2, -0.15) is 0 Å². The molecule has 1 saturated carbocycles. The lowest BCUT2D eigenvalue weighted by Crippen LogP contribution is -2.26.